The molecule has 1 aliphatic rings. The van der Waals surface area contributed by atoms with E-state index in [1.54, 1.807) is 0 Å². The Bertz CT molecular complexity index is 1150. The molecule has 2 aromatic carbocycles. The van der Waals surface area contributed by atoms with E-state index in [0.29, 0.717) is 18.0 Å². The highest BCUT2D eigenvalue weighted by atomic mass is 16.5. The summed E-state index contributed by atoms with van der Waals surface area (Å²) in [7, 11) is 0. The molecule has 0 fully saturated rings. The molecule has 1 atom stereocenters. The molecule has 158 valence electrons. The first-order valence-electron chi connectivity index (χ1n) is 10.7. The lowest BCUT2D eigenvalue weighted by atomic mass is 9.80. The van der Waals surface area contributed by atoms with Crippen LogP contribution in [-0.4, -0.2) is 30.0 Å². The van der Waals surface area contributed by atoms with E-state index < -0.39 is 5.97 Å². The van der Waals surface area contributed by atoms with Crippen LogP contribution in [0.2, 0.25) is 0 Å². The predicted octanol–water partition coefficient (Wildman–Crippen LogP) is 4.65. The van der Waals surface area contributed by atoms with Crippen molar-refractivity contribution in [2.45, 2.75) is 26.7 Å². The van der Waals surface area contributed by atoms with Crippen molar-refractivity contribution in [2.24, 2.45) is 5.92 Å². The van der Waals surface area contributed by atoms with Gasteiger partial charge >= 0.3 is 5.97 Å². The van der Waals surface area contributed by atoms with Gasteiger partial charge < -0.3 is 10.1 Å². The minimum absolute atomic E-state index is 0.291. The van der Waals surface area contributed by atoms with Gasteiger partial charge in [0, 0.05) is 11.9 Å². The first kappa shape index (κ1) is 20.8. The second-order valence-electron chi connectivity index (χ2n) is 7.95. The number of para-hydroxylation sites is 1. The number of nitrogens with one attached hydrogen (secondary N) is 1. The van der Waals surface area contributed by atoms with Crippen molar-refractivity contribution in [1.29, 1.82) is 0 Å². The second-order valence-corrected chi connectivity index (χ2v) is 7.95. The van der Waals surface area contributed by atoms with Crippen LogP contribution in [0.3, 0.4) is 0 Å². The van der Waals surface area contributed by atoms with E-state index in [0.717, 1.165) is 46.1 Å². The zero-order chi connectivity index (χ0) is 21.8. The topological polar surface area (TPSA) is 68.3 Å². The molecule has 0 saturated heterocycles. The maximum absolute atomic E-state index is 13.2. The van der Waals surface area contributed by atoms with Gasteiger partial charge in [0.25, 0.3) is 5.91 Å². The van der Waals surface area contributed by atoms with Crippen molar-refractivity contribution in [1.82, 2.24) is 10.3 Å². The summed E-state index contributed by atoms with van der Waals surface area (Å²) in [5.74, 6) is -0.421. The average molecular weight is 415 g/mol. The zero-order valence-electron chi connectivity index (χ0n) is 17.9. The number of ether oxygens (including phenoxy) is 1. The first-order chi connectivity index (χ1) is 15.1. The molecule has 1 amide bonds. The molecule has 0 bridgehead atoms. The smallest absolute Gasteiger partial charge is 0.339 e. The Morgan fingerprint density at radius 3 is 2.61 bits per heavy atom. The molecular weight excluding hydrogens is 388 g/mol. The number of carbonyl (C=O) groups is 2. The number of hydrogen-bond acceptors (Lipinski definition) is 4. The average Bonchev–Trinajstić information content (AvgIpc) is 2.77. The maximum Gasteiger partial charge on any atom is 0.339 e. The van der Waals surface area contributed by atoms with Gasteiger partial charge in [0.15, 0.2) is 6.61 Å². The van der Waals surface area contributed by atoms with E-state index in [1.807, 2.05) is 49.4 Å². The number of allylic oxidation sites excluding steroid dienone is 1. The van der Waals surface area contributed by atoms with E-state index >= 15 is 0 Å². The van der Waals surface area contributed by atoms with Crippen LogP contribution in [0.25, 0.3) is 22.6 Å². The van der Waals surface area contributed by atoms with Gasteiger partial charge in [-0.15, -0.1) is 0 Å². The summed E-state index contributed by atoms with van der Waals surface area (Å²) in [6.45, 7) is 4.21. The van der Waals surface area contributed by atoms with Gasteiger partial charge in [0.2, 0.25) is 0 Å². The number of fused-ring (bicyclic) bond motifs is 2. The van der Waals surface area contributed by atoms with Crippen molar-refractivity contribution in [2.75, 3.05) is 13.2 Å². The molecule has 0 saturated carbocycles. The highest BCUT2D eigenvalue weighted by Gasteiger charge is 2.29. The zero-order valence-corrected chi connectivity index (χ0v) is 17.9. The van der Waals surface area contributed by atoms with Gasteiger partial charge in [0.05, 0.1) is 16.8 Å². The van der Waals surface area contributed by atoms with Gasteiger partial charge in [-0.05, 0) is 54.5 Å². The number of aromatic nitrogens is 1. The lowest BCUT2D eigenvalue weighted by molar-refractivity contribution is -0.124. The molecule has 0 radical (unpaired) electrons. The Morgan fingerprint density at radius 2 is 1.84 bits per heavy atom. The number of nitrogens with zero attached hydrogens (tertiary/aromatic N) is 1. The Kier molecular flexibility index (Phi) is 6.12. The SMILES string of the molecule is CCNC(=O)COC(=O)c1c2c(nc3ccccc13)/C(=C/c1ccccc1)CC(C)C2. The molecule has 1 aliphatic carbocycles. The Balaban J connectivity index is 1.83. The van der Waals surface area contributed by atoms with E-state index in [9.17, 15) is 9.59 Å². The summed E-state index contributed by atoms with van der Waals surface area (Å²) in [6, 6.07) is 17.8. The summed E-state index contributed by atoms with van der Waals surface area (Å²) in [6.07, 6.45) is 3.78. The molecular formula is C26H26N2O3. The molecule has 1 N–H and O–H groups in total. The van der Waals surface area contributed by atoms with E-state index in [2.05, 4.69) is 30.4 Å². The molecule has 5 heteroatoms. The standard InChI is InChI=1S/C26H26N2O3/c1-3-27-23(29)16-31-26(30)24-20-11-7-8-12-22(20)28-25-19(13-17(2)14-21(24)25)15-18-9-5-4-6-10-18/h4-12,15,17H,3,13-14,16H2,1-2H3,(H,27,29)/b19-15+. The molecule has 1 unspecified atom stereocenters. The van der Waals surface area contributed by atoms with Crippen LogP contribution >= 0.6 is 0 Å². The summed E-state index contributed by atoms with van der Waals surface area (Å²) in [5.41, 5.74) is 5.25. The van der Waals surface area contributed by atoms with Crippen LogP contribution < -0.4 is 5.32 Å². The van der Waals surface area contributed by atoms with Gasteiger partial charge in [-0.3, -0.25) is 4.79 Å². The van der Waals surface area contributed by atoms with Crippen molar-refractivity contribution in [3.63, 3.8) is 0 Å². The second kappa shape index (κ2) is 9.13. The highest BCUT2D eigenvalue weighted by Crippen LogP contribution is 2.38. The van der Waals surface area contributed by atoms with Crippen LogP contribution in [0.4, 0.5) is 0 Å². The molecule has 0 spiro atoms. The summed E-state index contributed by atoms with van der Waals surface area (Å²) >= 11 is 0. The summed E-state index contributed by atoms with van der Waals surface area (Å²) < 4.78 is 5.41. The van der Waals surface area contributed by atoms with Crippen LogP contribution in [0.5, 0.6) is 0 Å². The van der Waals surface area contributed by atoms with Crippen molar-refractivity contribution < 1.29 is 14.3 Å². The van der Waals surface area contributed by atoms with E-state index in [1.165, 1.54) is 0 Å². The third kappa shape index (κ3) is 4.50. The number of pyridine rings is 1. The number of esters is 1. The van der Waals surface area contributed by atoms with Crippen LogP contribution in [0, 0.1) is 5.92 Å². The fourth-order valence-corrected chi connectivity index (χ4v) is 4.17. The van der Waals surface area contributed by atoms with Gasteiger partial charge in [-0.25, -0.2) is 9.78 Å². The molecule has 3 aromatic rings. The third-order valence-electron chi connectivity index (χ3n) is 5.47. The monoisotopic (exact) mass is 414 g/mol. The predicted molar refractivity (Wildman–Crippen MR) is 123 cm³/mol. The van der Waals surface area contributed by atoms with Crippen molar-refractivity contribution in [3.05, 3.63) is 77.0 Å². The minimum atomic E-state index is -0.478. The largest absolute Gasteiger partial charge is 0.452 e. The summed E-state index contributed by atoms with van der Waals surface area (Å²) in [4.78, 5) is 29.9. The van der Waals surface area contributed by atoms with Gasteiger partial charge in [0.1, 0.15) is 0 Å². The molecule has 0 aliphatic heterocycles. The van der Waals surface area contributed by atoms with Gasteiger partial charge in [-0.2, -0.15) is 0 Å². The van der Waals surface area contributed by atoms with E-state index in [-0.39, 0.29) is 12.5 Å². The molecule has 1 heterocycles. The van der Waals surface area contributed by atoms with Gasteiger partial charge in [-0.1, -0.05) is 55.5 Å². The lowest BCUT2D eigenvalue weighted by Crippen LogP contribution is -2.29. The fraction of sp³-hybridized carbons (Fsp3) is 0.269. The Morgan fingerprint density at radius 1 is 1.10 bits per heavy atom. The first-order valence-corrected chi connectivity index (χ1v) is 10.7. The minimum Gasteiger partial charge on any atom is -0.452 e. The van der Waals surface area contributed by atoms with Crippen molar-refractivity contribution in [3.8, 4) is 0 Å². The summed E-state index contributed by atoms with van der Waals surface area (Å²) in [5, 5.41) is 3.42. The normalized spacial score (nSPS) is 16.7. The number of amides is 1. The number of benzene rings is 2. The Labute approximate surface area is 182 Å². The quantitative estimate of drug-likeness (QED) is 0.617. The third-order valence-corrected chi connectivity index (χ3v) is 5.47. The van der Waals surface area contributed by atoms with E-state index in [4.69, 9.17) is 9.72 Å². The number of hydrogen-bond donors (Lipinski definition) is 1. The molecule has 1 aromatic heterocycles. The Hall–Kier alpha value is -3.47. The molecule has 5 nitrogen and oxygen atoms in total. The maximum atomic E-state index is 13.2. The lowest BCUT2D eigenvalue weighted by Gasteiger charge is -2.26. The van der Waals surface area contributed by atoms with Crippen LogP contribution in [-0.2, 0) is 16.0 Å². The molecule has 4 rings (SSSR count). The highest BCUT2D eigenvalue weighted by molar-refractivity contribution is 6.07. The number of likely N-dealkylation sites (N-methyl/N-ethyl adjacent to an activating group) is 1. The fourth-order valence-electron chi connectivity index (χ4n) is 4.17. The molecule has 31 heavy (non-hydrogen) atoms. The van der Waals surface area contributed by atoms with Crippen LogP contribution in [0.1, 0.15) is 47.4 Å². The number of carbonyl (C=O) groups excluding carboxylic acids is 2. The number of rotatable bonds is 5. The van der Waals surface area contributed by atoms with Crippen molar-refractivity contribution >= 4 is 34.4 Å². The van der Waals surface area contributed by atoms with Crippen LogP contribution in [0.15, 0.2) is 54.6 Å².